The molecular weight excluding hydrogens is 226 g/mol. The summed E-state index contributed by atoms with van der Waals surface area (Å²) in [6.07, 6.45) is 4.08. The topological polar surface area (TPSA) is 46.0 Å². The maximum absolute atomic E-state index is 4.31. The van der Waals surface area contributed by atoms with Gasteiger partial charge in [0.1, 0.15) is 12.2 Å². The van der Waals surface area contributed by atoms with Crippen molar-refractivity contribution in [2.75, 3.05) is 26.2 Å². The van der Waals surface area contributed by atoms with Gasteiger partial charge < -0.3 is 10.2 Å². The minimum Gasteiger partial charge on any atom is -0.310 e. The molecule has 102 valence electrons. The molecule has 1 aromatic heterocycles. The number of aryl methyl sites for hydroxylation is 1. The van der Waals surface area contributed by atoms with Crippen molar-refractivity contribution in [2.45, 2.75) is 39.8 Å². The van der Waals surface area contributed by atoms with Crippen molar-refractivity contribution in [3.05, 3.63) is 12.2 Å². The van der Waals surface area contributed by atoms with Gasteiger partial charge in [0.25, 0.3) is 0 Å². The summed E-state index contributed by atoms with van der Waals surface area (Å²) in [5, 5.41) is 7.76. The van der Waals surface area contributed by atoms with E-state index in [-0.39, 0.29) is 0 Å². The number of aromatic nitrogens is 3. The van der Waals surface area contributed by atoms with Crippen LogP contribution in [0.15, 0.2) is 6.33 Å². The summed E-state index contributed by atoms with van der Waals surface area (Å²) < 4.78 is 2.00. The standard InChI is InChI=1S/C13H25N5/c1-3-6-18-13(15-11-16-18)9-14-8-12-5-7-17(4-2)10-12/h11-12,14H,3-10H2,1-2H3. The quantitative estimate of drug-likeness (QED) is 0.789. The van der Waals surface area contributed by atoms with Crippen molar-refractivity contribution in [3.8, 4) is 0 Å². The van der Waals surface area contributed by atoms with Crippen LogP contribution in [-0.2, 0) is 13.1 Å². The Morgan fingerprint density at radius 2 is 2.33 bits per heavy atom. The Balaban J connectivity index is 1.70. The first kappa shape index (κ1) is 13.5. The van der Waals surface area contributed by atoms with E-state index in [1.807, 2.05) is 4.68 Å². The first-order chi connectivity index (χ1) is 8.83. The van der Waals surface area contributed by atoms with Gasteiger partial charge in [-0.3, -0.25) is 0 Å². The highest BCUT2D eigenvalue weighted by atomic mass is 15.3. The van der Waals surface area contributed by atoms with Gasteiger partial charge >= 0.3 is 0 Å². The second-order valence-electron chi connectivity index (χ2n) is 5.08. The van der Waals surface area contributed by atoms with Gasteiger partial charge in [0.2, 0.25) is 0 Å². The third-order valence-corrected chi connectivity index (χ3v) is 3.66. The van der Waals surface area contributed by atoms with Gasteiger partial charge in [-0.15, -0.1) is 0 Å². The lowest BCUT2D eigenvalue weighted by Gasteiger charge is -2.13. The molecule has 1 atom stereocenters. The minimum atomic E-state index is 0.799. The highest BCUT2D eigenvalue weighted by molar-refractivity contribution is 4.84. The van der Waals surface area contributed by atoms with E-state index in [0.29, 0.717) is 0 Å². The van der Waals surface area contributed by atoms with E-state index in [4.69, 9.17) is 0 Å². The number of hydrogen-bond donors (Lipinski definition) is 1. The molecule has 0 aromatic carbocycles. The highest BCUT2D eigenvalue weighted by Crippen LogP contribution is 2.14. The lowest BCUT2D eigenvalue weighted by atomic mass is 10.1. The second-order valence-corrected chi connectivity index (χ2v) is 5.08. The zero-order valence-corrected chi connectivity index (χ0v) is 11.6. The summed E-state index contributed by atoms with van der Waals surface area (Å²) >= 11 is 0. The van der Waals surface area contributed by atoms with Crippen LogP contribution >= 0.6 is 0 Å². The molecule has 18 heavy (non-hydrogen) atoms. The Morgan fingerprint density at radius 1 is 1.44 bits per heavy atom. The van der Waals surface area contributed by atoms with Crippen LogP contribution in [-0.4, -0.2) is 45.8 Å². The molecule has 1 fully saturated rings. The Hall–Kier alpha value is -0.940. The van der Waals surface area contributed by atoms with E-state index in [0.717, 1.165) is 37.8 Å². The lowest BCUT2D eigenvalue weighted by molar-refractivity contribution is 0.338. The van der Waals surface area contributed by atoms with E-state index in [2.05, 4.69) is 34.1 Å². The zero-order chi connectivity index (χ0) is 12.8. The summed E-state index contributed by atoms with van der Waals surface area (Å²) in [5.74, 6) is 1.86. The third-order valence-electron chi connectivity index (χ3n) is 3.66. The van der Waals surface area contributed by atoms with Crippen LogP contribution in [0.25, 0.3) is 0 Å². The van der Waals surface area contributed by atoms with Crippen LogP contribution in [0.3, 0.4) is 0 Å². The van der Waals surface area contributed by atoms with E-state index in [1.54, 1.807) is 6.33 Å². The molecule has 5 nitrogen and oxygen atoms in total. The number of rotatable bonds is 7. The molecule has 1 N–H and O–H groups in total. The van der Waals surface area contributed by atoms with Crippen LogP contribution in [0, 0.1) is 5.92 Å². The average molecular weight is 251 g/mol. The predicted molar refractivity (Wildman–Crippen MR) is 72.2 cm³/mol. The predicted octanol–water partition coefficient (Wildman–Crippen LogP) is 1.12. The van der Waals surface area contributed by atoms with Gasteiger partial charge in [-0.05, 0) is 38.4 Å². The van der Waals surface area contributed by atoms with Crippen molar-refractivity contribution < 1.29 is 0 Å². The van der Waals surface area contributed by atoms with Crippen molar-refractivity contribution in [3.63, 3.8) is 0 Å². The smallest absolute Gasteiger partial charge is 0.140 e. The normalized spacial score (nSPS) is 20.7. The van der Waals surface area contributed by atoms with Crippen LogP contribution in [0.1, 0.15) is 32.5 Å². The number of hydrogen-bond acceptors (Lipinski definition) is 4. The molecule has 0 amide bonds. The van der Waals surface area contributed by atoms with Crippen LogP contribution in [0.5, 0.6) is 0 Å². The second kappa shape index (κ2) is 6.85. The fourth-order valence-electron chi connectivity index (χ4n) is 2.58. The Kier molecular flexibility index (Phi) is 5.13. The molecule has 1 unspecified atom stereocenters. The molecule has 0 bridgehead atoms. The van der Waals surface area contributed by atoms with E-state index in [9.17, 15) is 0 Å². The van der Waals surface area contributed by atoms with Gasteiger partial charge in [0, 0.05) is 13.1 Å². The third kappa shape index (κ3) is 3.53. The van der Waals surface area contributed by atoms with Crippen molar-refractivity contribution in [2.24, 2.45) is 5.92 Å². The molecule has 2 rings (SSSR count). The van der Waals surface area contributed by atoms with Gasteiger partial charge in [-0.25, -0.2) is 9.67 Å². The number of likely N-dealkylation sites (tertiary alicyclic amines) is 1. The SMILES string of the molecule is CCCn1ncnc1CNCC1CCN(CC)C1. The molecule has 0 spiro atoms. The average Bonchev–Trinajstić information content (AvgIpc) is 3.00. The summed E-state index contributed by atoms with van der Waals surface area (Å²) in [7, 11) is 0. The zero-order valence-electron chi connectivity index (χ0n) is 11.6. The largest absolute Gasteiger partial charge is 0.310 e. The molecule has 2 heterocycles. The summed E-state index contributed by atoms with van der Waals surface area (Å²) in [6.45, 7) is 11.0. The van der Waals surface area contributed by atoms with E-state index >= 15 is 0 Å². The molecule has 0 aliphatic carbocycles. The summed E-state index contributed by atoms with van der Waals surface area (Å²) in [5.41, 5.74) is 0. The Bertz CT molecular complexity index is 349. The summed E-state index contributed by atoms with van der Waals surface area (Å²) in [6, 6.07) is 0. The molecule has 1 saturated heterocycles. The molecule has 1 aliphatic rings. The van der Waals surface area contributed by atoms with Crippen LogP contribution in [0.4, 0.5) is 0 Å². The fourth-order valence-corrected chi connectivity index (χ4v) is 2.58. The van der Waals surface area contributed by atoms with Crippen LogP contribution < -0.4 is 5.32 Å². The Labute approximate surface area is 110 Å². The number of nitrogens with one attached hydrogen (secondary N) is 1. The Morgan fingerprint density at radius 3 is 3.06 bits per heavy atom. The van der Waals surface area contributed by atoms with Crippen LogP contribution in [0.2, 0.25) is 0 Å². The van der Waals surface area contributed by atoms with Crippen molar-refractivity contribution >= 4 is 0 Å². The van der Waals surface area contributed by atoms with Gasteiger partial charge in [0.15, 0.2) is 0 Å². The molecule has 5 heteroatoms. The van der Waals surface area contributed by atoms with E-state index < -0.39 is 0 Å². The van der Waals surface area contributed by atoms with Gasteiger partial charge in [0.05, 0.1) is 6.54 Å². The van der Waals surface area contributed by atoms with Crippen molar-refractivity contribution in [1.82, 2.24) is 25.0 Å². The maximum atomic E-state index is 4.31. The maximum Gasteiger partial charge on any atom is 0.140 e. The monoisotopic (exact) mass is 251 g/mol. The highest BCUT2D eigenvalue weighted by Gasteiger charge is 2.20. The first-order valence-corrected chi connectivity index (χ1v) is 7.13. The summed E-state index contributed by atoms with van der Waals surface area (Å²) in [4.78, 5) is 6.83. The first-order valence-electron chi connectivity index (χ1n) is 7.13. The number of nitrogens with zero attached hydrogens (tertiary/aromatic N) is 4. The van der Waals surface area contributed by atoms with E-state index in [1.165, 1.54) is 26.1 Å². The minimum absolute atomic E-state index is 0.799. The molecular formula is C13H25N5. The van der Waals surface area contributed by atoms with Gasteiger partial charge in [-0.1, -0.05) is 13.8 Å². The van der Waals surface area contributed by atoms with Gasteiger partial charge in [-0.2, -0.15) is 5.10 Å². The molecule has 0 saturated carbocycles. The lowest BCUT2D eigenvalue weighted by Crippen LogP contribution is -2.27. The van der Waals surface area contributed by atoms with Crippen molar-refractivity contribution in [1.29, 1.82) is 0 Å². The molecule has 1 aliphatic heterocycles. The molecule has 1 aromatic rings. The fraction of sp³-hybridized carbons (Fsp3) is 0.846. The molecule has 0 radical (unpaired) electrons.